The third-order valence-corrected chi connectivity index (χ3v) is 2.98. The molecule has 1 aliphatic rings. The normalized spacial score (nSPS) is 22.9. The number of ether oxygens (including phenoxy) is 1. The maximum atomic E-state index is 9.05. The van der Waals surface area contributed by atoms with Gasteiger partial charge in [-0.15, -0.1) is 0 Å². The minimum atomic E-state index is 0.0285. The lowest BCUT2D eigenvalue weighted by Gasteiger charge is -2.18. The Bertz CT molecular complexity index is 302. The first-order chi connectivity index (χ1) is 7.88. The molecule has 2 rings (SSSR count). The molecule has 1 atom stereocenters. The SMILES string of the molecule is OC[C@@H]1CCN(Cc2ccccc2)CCO1. The molecule has 1 heterocycles. The van der Waals surface area contributed by atoms with Crippen molar-refractivity contribution in [3.8, 4) is 0 Å². The highest BCUT2D eigenvalue weighted by Gasteiger charge is 2.16. The quantitative estimate of drug-likeness (QED) is 0.834. The molecule has 1 aliphatic heterocycles. The van der Waals surface area contributed by atoms with Crippen LogP contribution in [-0.4, -0.2) is 42.4 Å². The third kappa shape index (κ3) is 3.30. The van der Waals surface area contributed by atoms with Crippen LogP contribution in [0.15, 0.2) is 30.3 Å². The van der Waals surface area contributed by atoms with E-state index in [4.69, 9.17) is 9.84 Å². The first-order valence-corrected chi connectivity index (χ1v) is 5.87. The summed E-state index contributed by atoms with van der Waals surface area (Å²) in [5, 5.41) is 9.05. The Morgan fingerprint density at radius 2 is 2.06 bits per heavy atom. The lowest BCUT2D eigenvalue weighted by molar-refractivity contribution is 0.0209. The molecule has 3 heteroatoms. The third-order valence-electron chi connectivity index (χ3n) is 2.98. The standard InChI is InChI=1S/C13H19NO2/c15-11-13-6-7-14(8-9-16-13)10-12-4-2-1-3-5-12/h1-5,13,15H,6-11H2/t13-/m0/s1. The van der Waals surface area contributed by atoms with Gasteiger partial charge in [0.1, 0.15) is 0 Å². The van der Waals surface area contributed by atoms with Crippen molar-refractivity contribution >= 4 is 0 Å². The summed E-state index contributed by atoms with van der Waals surface area (Å²) in [6, 6.07) is 10.5. The Morgan fingerprint density at radius 1 is 1.25 bits per heavy atom. The zero-order valence-corrected chi connectivity index (χ0v) is 9.51. The van der Waals surface area contributed by atoms with E-state index in [9.17, 15) is 0 Å². The van der Waals surface area contributed by atoms with Crippen molar-refractivity contribution < 1.29 is 9.84 Å². The minimum absolute atomic E-state index is 0.0285. The molecule has 0 radical (unpaired) electrons. The number of rotatable bonds is 3. The molecular formula is C13H19NO2. The van der Waals surface area contributed by atoms with E-state index >= 15 is 0 Å². The highest BCUT2D eigenvalue weighted by atomic mass is 16.5. The first-order valence-electron chi connectivity index (χ1n) is 5.87. The van der Waals surface area contributed by atoms with E-state index < -0.39 is 0 Å². The van der Waals surface area contributed by atoms with Crippen LogP contribution < -0.4 is 0 Å². The predicted molar refractivity (Wildman–Crippen MR) is 63.2 cm³/mol. The second-order valence-electron chi connectivity index (χ2n) is 4.23. The fraction of sp³-hybridized carbons (Fsp3) is 0.538. The Kier molecular flexibility index (Phi) is 4.34. The Labute approximate surface area is 96.6 Å². The Morgan fingerprint density at radius 3 is 2.81 bits per heavy atom. The van der Waals surface area contributed by atoms with Crippen molar-refractivity contribution in [2.45, 2.75) is 19.1 Å². The van der Waals surface area contributed by atoms with Gasteiger partial charge >= 0.3 is 0 Å². The largest absolute Gasteiger partial charge is 0.394 e. The van der Waals surface area contributed by atoms with Crippen molar-refractivity contribution in [1.29, 1.82) is 0 Å². The van der Waals surface area contributed by atoms with Gasteiger partial charge in [-0.3, -0.25) is 4.90 Å². The zero-order chi connectivity index (χ0) is 11.2. The van der Waals surface area contributed by atoms with E-state index in [1.54, 1.807) is 0 Å². The van der Waals surface area contributed by atoms with Gasteiger partial charge in [0.15, 0.2) is 0 Å². The number of hydrogen-bond donors (Lipinski definition) is 1. The van der Waals surface area contributed by atoms with Gasteiger partial charge in [0.05, 0.1) is 19.3 Å². The summed E-state index contributed by atoms with van der Waals surface area (Å²) >= 11 is 0. The smallest absolute Gasteiger partial charge is 0.0818 e. The molecule has 1 fully saturated rings. The molecule has 0 bridgehead atoms. The summed E-state index contributed by atoms with van der Waals surface area (Å²) in [7, 11) is 0. The summed E-state index contributed by atoms with van der Waals surface area (Å²) in [6.45, 7) is 3.78. The second kappa shape index (κ2) is 5.99. The molecule has 1 aromatic rings. The monoisotopic (exact) mass is 221 g/mol. The van der Waals surface area contributed by atoms with E-state index in [0.717, 1.165) is 32.7 Å². The number of hydrogen-bond acceptors (Lipinski definition) is 3. The maximum Gasteiger partial charge on any atom is 0.0818 e. The van der Waals surface area contributed by atoms with Crippen LogP contribution in [0.3, 0.4) is 0 Å². The molecule has 0 spiro atoms. The van der Waals surface area contributed by atoms with Crippen molar-refractivity contribution in [1.82, 2.24) is 4.90 Å². The zero-order valence-electron chi connectivity index (χ0n) is 9.51. The number of nitrogens with zero attached hydrogens (tertiary/aromatic N) is 1. The lowest BCUT2D eigenvalue weighted by atomic mass is 10.2. The van der Waals surface area contributed by atoms with Crippen molar-refractivity contribution in [2.24, 2.45) is 0 Å². The predicted octanol–water partition coefficient (Wildman–Crippen LogP) is 1.27. The topological polar surface area (TPSA) is 32.7 Å². The van der Waals surface area contributed by atoms with Crippen molar-refractivity contribution in [3.63, 3.8) is 0 Å². The number of aliphatic hydroxyl groups excluding tert-OH is 1. The fourth-order valence-electron chi connectivity index (χ4n) is 2.01. The molecular weight excluding hydrogens is 202 g/mol. The van der Waals surface area contributed by atoms with Gasteiger partial charge in [-0.25, -0.2) is 0 Å². The van der Waals surface area contributed by atoms with Gasteiger partial charge in [-0.2, -0.15) is 0 Å². The van der Waals surface area contributed by atoms with Gasteiger partial charge in [0, 0.05) is 19.6 Å². The summed E-state index contributed by atoms with van der Waals surface area (Å²) in [5.41, 5.74) is 1.34. The molecule has 16 heavy (non-hydrogen) atoms. The Balaban J connectivity index is 1.86. The van der Waals surface area contributed by atoms with Crippen LogP contribution in [0.2, 0.25) is 0 Å². The molecule has 1 saturated heterocycles. The van der Waals surface area contributed by atoms with Crippen molar-refractivity contribution in [2.75, 3.05) is 26.3 Å². The van der Waals surface area contributed by atoms with E-state index in [-0.39, 0.29) is 12.7 Å². The molecule has 0 saturated carbocycles. The molecule has 0 aromatic heterocycles. The number of benzene rings is 1. The van der Waals surface area contributed by atoms with Crippen LogP contribution in [0.5, 0.6) is 0 Å². The molecule has 1 N–H and O–H groups in total. The highest BCUT2D eigenvalue weighted by molar-refractivity contribution is 5.14. The van der Waals surface area contributed by atoms with E-state index in [0.29, 0.717) is 0 Å². The highest BCUT2D eigenvalue weighted by Crippen LogP contribution is 2.10. The fourth-order valence-corrected chi connectivity index (χ4v) is 2.01. The maximum absolute atomic E-state index is 9.05. The van der Waals surface area contributed by atoms with E-state index in [1.807, 2.05) is 6.07 Å². The van der Waals surface area contributed by atoms with Gasteiger partial charge in [-0.1, -0.05) is 30.3 Å². The summed E-state index contributed by atoms with van der Waals surface area (Å²) in [4.78, 5) is 2.38. The van der Waals surface area contributed by atoms with Gasteiger partial charge in [0.25, 0.3) is 0 Å². The van der Waals surface area contributed by atoms with Gasteiger partial charge in [-0.05, 0) is 12.0 Å². The van der Waals surface area contributed by atoms with E-state index in [2.05, 4.69) is 29.2 Å². The number of aliphatic hydroxyl groups is 1. The molecule has 88 valence electrons. The average molecular weight is 221 g/mol. The van der Waals surface area contributed by atoms with Crippen LogP contribution in [0.1, 0.15) is 12.0 Å². The molecule has 3 nitrogen and oxygen atoms in total. The van der Waals surface area contributed by atoms with Crippen LogP contribution in [-0.2, 0) is 11.3 Å². The summed E-state index contributed by atoms with van der Waals surface area (Å²) < 4.78 is 5.53. The van der Waals surface area contributed by atoms with Crippen molar-refractivity contribution in [3.05, 3.63) is 35.9 Å². The van der Waals surface area contributed by atoms with Crippen LogP contribution in [0.4, 0.5) is 0 Å². The van der Waals surface area contributed by atoms with Crippen LogP contribution in [0, 0.1) is 0 Å². The first kappa shape index (κ1) is 11.6. The van der Waals surface area contributed by atoms with E-state index in [1.165, 1.54) is 5.56 Å². The van der Waals surface area contributed by atoms with Crippen LogP contribution in [0.25, 0.3) is 0 Å². The molecule has 0 amide bonds. The minimum Gasteiger partial charge on any atom is -0.394 e. The molecule has 0 aliphatic carbocycles. The molecule has 0 unspecified atom stereocenters. The molecule has 1 aromatic carbocycles. The van der Waals surface area contributed by atoms with Crippen LogP contribution >= 0.6 is 0 Å². The summed E-state index contributed by atoms with van der Waals surface area (Å²) in [6.07, 6.45) is 0.948. The lowest BCUT2D eigenvalue weighted by Crippen LogP contribution is -2.26. The van der Waals surface area contributed by atoms with Gasteiger partial charge in [0.2, 0.25) is 0 Å². The second-order valence-corrected chi connectivity index (χ2v) is 4.23. The Hall–Kier alpha value is -0.900. The van der Waals surface area contributed by atoms with Gasteiger partial charge < -0.3 is 9.84 Å². The summed E-state index contributed by atoms with van der Waals surface area (Å²) in [5.74, 6) is 0. The average Bonchev–Trinajstić information content (AvgIpc) is 2.56.